The van der Waals surface area contributed by atoms with Crippen molar-refractivity contribution >= 4 is 22.4 Å². The smallest absolute Gasteiger partial charge is 0.227 e. The first kappa shape index (κ1) is 17.0. The highest BCUT2D eigenvalue weighted by Gasteiger charge is 2.31. The fraction of sp³-hybridized carbons (Fsp3) is 0.476. The summed E-state index contributed by atoms with van der Waals surface area (Å²) in [4.78, 5) is 12.9. The van der Waals surface area contributed by atoms with Crippen LogP contribution in [0.2, 0.25) is 0 Å². The van der Waals surface area contributed by atoms with E-state index in [0.29, 0.717) is 12.0 Å². The maximum absolute atomic E-state index is 12.9. The maximum Gasteiger partial charge on any atom is 0.227 e. The van der Waals surface area contributed by atoms with Crippen LogP contribution in [0.4, 0.5) is 5.69 Å². The molecule has 0 aliphatic heterocycles. The number of hydrogen-bond donors (Lipinski definition) is 1. The highest BCUT2D eigenvalue weighted by Crippen LogP contribution is 2.34. The van der Waals surface area contributed by atoms with Crippen LogP contribution in [0.3, 0.4) is 0 Å². The van der Waals surface area contributed by atoms with Crippen molar-refractivity contribution in [3.05, 3.63) is 42.5 Å². The van der Waals surface area contributed by atoms with E-state index in [2.05, 4.69) is 30.4 Å². The van der Waals surface area contributed by atoms with Crippen LogP contribution in [0.25, 0.3) is 10.8 Å². The predicted octanol–water partition coefficient (Wildman–Crippen LogP) is 5.01. The Bertz CT molecular complexity index is 684. The van der Waals surface area contributed by atoms with E-state index in [9.17, 15) is 4.79 Å². The summed E-state index contributed by atoms with van der Waals surface area (Å²) in [6.45, 7) is 2.12. The van der Waals surface area contributed by atoms with Gasteiger partial charge in [0.25, 0.3) is 0 Å². The second-order valence-corrected chi connectivity index (χ2v) is 6.80. The molecule has 1 unspecified atom stereocenters. The van der Waals surface area contributed by atoms with Crippen LogP contribution in [0, 0.1) is 11.8 Å². The Balaban J connectivity index is 1.72. The van der Waals surface area contributed by atoms with Crippen LogP contribution < -0.4 is 5.32 Å². The average molecular weight is 325 g/mol. The predicted molar refractivity (Wildman–Crippen MR) is 99.1 cm³/mol. The van der Waals surface area contributed by atoms with Gasteiger partial charge in [-0.05, 0) is 49.5 Å². The third-order valence-corrected chi connectivity index (χ3v) is 5.45. The Kier molecular flexibility index (Phi) is 5.52. The van der Waals surface area contributed by atoms with E-state index in [1.165, 1.54) is 0 Å². The van der Waals surface area contributed by atoms with Crippen molar-refractivity contribution in [2.75, 3.05) is 12.4 Å². The van der Waals surface area contributed by atoms with Crippen molar-refractivity contribution in [1.82, 2.24) is 0 Å². The zero-order valence-corrected chi connectivity index (χ0v) is 14.6. The number of methoxy groups -OCH3 is 1. The summed E-state index contributed by atoms with van der Waals surface area (Å²) in [5, 5.41) is 5.45. The van der Waals surface area contributed by atoms with Gasteiger partial charge in [-0.3, -0.25) is 4.79 Å². The molecule has 2 aromatic rings. The summed E-state index contributed by atoms with van der Waals surface area (Å²) in [6, 6.07) is 14.3. The monoisotopic (exact) mass is 325 g/mol. The summed E-state index contributed by atoms with van der Waals surface area (Å²) in [7, 11) is 1.79. The number of rotatable bonds is 5. The number of carbonyl (C=O) groups excluding carboxylic acids is 1. The second-order valence-electron chi connectivity index (χ2n) is 6.80. The molecule has 0 radical (unpaired) electrons. The van der Waals surface area contributed by atoms with Gasteiger partial charge < -0.3 is 10.1 Å². The fourth-order valence-electron chi connectivity index (χ4n) is 4.02. The van der Waals surface area contributed by atoms with E-state index in [1.54, 1.807) is 7.11 Å². The lowest BCUT2D eigenvalue weighted by atomic mass is 9.77. The van der Waals surface area contributed by atoms with E-state index < -0.39 is 0 Å². The van der Waals surface area contributed by atoms with E-state index >= 15 is 0 Å². The van der Waals surface area contributed by atoms with Gasteiger partial charge in [0.1, 0.15) is 0 Å². The number of nitrogens with one attached hydrogen (secondary N) is 1. The second kappa shape index (κ2) is 7.80. The molecular formula is C21H27NO2. The maximum atomic E-state index is 12.9. The Morgan fingerprint density at radius 1 is 1.12 bits per heavy atom. The van der Waals surface area contributed by atoms with Gasteiger partial charge in [-0.2, -0.15) is 0 Å². The number of amides is 1. The van der Waals surface area contributed by atoms with Crippen molar-refractivity contribution in [1.29, 1.82) is 0 Å². The number of ether oxygens (including phenoxy) is 1. The molecule has 1 fully saturated rings. The molecule has 3 nitrogen and oxygen atoms in total. The first-order valence-corrected chi connectivity index (χ1v) is 9.04. The summed E-state index contributed by atoms with van der Waals surface area (Å²) < 4.78 is 5.46. The van der Waals surface area contributed by atoms with Gasteiger partial charge in [0, 0.05) is 24.1 Å². The van der Waals surface area contributed by atoms with Crippen LogP contribution in [-0.4, -0.2) is 19.1 Å². The van der Waals surface area contributed by atoms with Crippen LogP contribution in [0.1, 0.15) is 39.0 Å². The van der Waals surface area contributed by atoms with Gasteiger partial charge >= 0.3 is 0 Å². The molecule has 0 spiro atoms. The molecule has 3 rings (SSSR count). The SMILES string of the molecule is CCC(C(=O)Nc1cccc2ccccc12)C1CCC(OC)CC1. The molecule has 24 heavy (non-hydrogen) atoms. The summed E-state index contributed by atoms with van der Waals surface area (Å²) >= 11 is 0. The van der Waals surface area contributed by atoms with Gasteiger partial charge in [-0.25, -0.2) is 0 Å². The lowest BCUT2D eigenvalue weighted by Gasteiger charge is -2.32. The van der Waals surface area contributed by atoms with Gasteiger partial charge in [0.15, 0.2) is 0 Å². The first-order valence-electron chi connectivity index (χ1n) is 9.04. The van der Waals surface area contributed by atoms with Crippen molar-refractivity contribution in [2.45, 2.75) is 45.1 Å². The molecule has 1 saturated carbocycles. The summed E-state index contributed by atoms with van der Waals surface area (Å²) in [5.74, 6) is 0.716. The molecule has 1 atom stereocenters. The minimum atomic E-state index is 0.0850. The largest absolute Gasteiger partial charge is 0.381 e. The molecule has 1 N–H and O–H groups in total. The quantitative estimate of drug-likeness (QED) is 0.839. The minimum absolute atomic E-state index is 0.0850. The summed E-state index contributed by atoms with van der Waals surface area (Å²) in [6.07, 6.45) is 5.57. The highest BCUT2D eigenvalue weighted by molar-refractivity contribution is 6.02. The number of hydrogen-bond acceptors (Lipinski definition) is 2. The standard InChI is InChI=1S/C21H27NO2/c1-3-18(16-11-13-17(24-2)14-12-16)21(23)22-20-10-6-8-15-7-4-5-9-19(15)20/h4-10,16-18H,3,11-14H2,1-2H3,(H,22,23). The molecule has 0 bridgehead atoms. The normalized spacial score (nSPS) is 22.2. The Morgan fingerprint density at radius 2 is 1.83 bits per heavy atom. The van der Waals surface area contributed by atoms with Gasteiger partial charge in [-0.15, -0.1) is 0 Å². The number of anilines is 1. The summed E-state index contributed by atoms with van der Waals surface area (Å²) in [5.41, 5.74) is 0.919. The average Bonchev–Trinajstić information content (AvgIpc) is 2.63. The van der Waals surface area contributed by atoms with E-state index in [4.69, 9.17) is 4.74 Å². The van der Waals surface area contributed by atoms with Crippen LogP contribution in [0.15, 0.2) is 42.5 Å². The van der Waals surface area contributed by atoms with Crippen molar-refractivity contribution in [2.24, 2.45) is 11.8 Å². The van der Waals surface area contributed by atoms with Gasteiger partial charge in [0.2, 0.25) is 5.91 Å². The molecular weight excluding hydrogens is 298 g/mol. The molecule has 0 heterocycles. The Morgan fingerprint density at radius 3 is 2.54 bits per heavy atom. The highest BCUT2D eigenvalue weighted by atomic mass is 16.5. The lowest BCUT2D eigenvalue weighted by molar-refractivity contribution is -0.122. The first-order chi connectivity index (χ1) is 11.7. The zero-order valence-electron chi connectivity index (χ0n) is 14.6. The Labute approximate surface area is 144 Å². The Hall–Kier alpha value is -1.87. The molecule has 1 amide bonds. The molecule has 2 aromatic carbocycles. The van der Waals surface area contributed by atoms with Gasteiger partial charge in [0.05, 0.1) is 6.10 Å². The van der Waals surface area contributed by atoms with Gasteiger partial charge in [-0.1, -0.05) is 43.3 Å². The topological polar surface area (TPSA) is 38.3 Å². The number of fused-ring (bicyclic) bond motifs is 1. The zero-order chi connectivity index (χ0) is 16.9. The van der Waals surface area contributed by atoms with E-state index in [0.717, 1.165) is 48.6 Å². The lowest BCUT2D eigenvalue weighted by Crippen LogP contribution is -2.33. The van der Waals surface area contributed by atoms with Crippen LogP contribution in [-0.2, 0) is 9.53 Å². The third-order valence-electron chi connectivity index (χ3n) is 5.45. The molecule has 1 aliphatic rings. The van der Waals surface area contributed by atoms with E-state index in [1.807, 2.05) is 24.3 Å². The van der Waals surface area contributed by atoms with Crippen LogP contribution >= 0.6 is 0 Å². The molecule has 1 aliphatic carbocycles. The third kappa shape index (κ3) is 3.62. The number of benzene rings is 2. The molecule has 3 heteroatoms. The van der Waals surface area contributed by atoms with Crippen LogP contribution in [0.5, 0.6) is 0 Å². The molecule has 128 valence electrons. The fourth-order valence-corrected chi connectivity index (χ4v) is 4.02. The van der Waals surface area contributed by atoms with E-state index in [-0.39, 0.29) is 11.8 Å². The van der Waals surface area contributed by atoms with Crippen molar-refractivity contribution < 1.29 is 9.53 Å². The molecule has 0 aromatic heterocycles. The van der Waals surface area contributed by atoms with Crippen molar-refractivity contribution in [3.63, 3.8) is 0 Å². The number of carbonyl (C=O) groups is 1. The minimum Gasteiger partial charge on any atom is -0.381 e. The molecule has 0 saturated heterocycles. The van der Waals surface area contributed by atoms with Crippen molar-refractivity contribution in [3.8, 4) is 0 Å².